The second-order valence-corrected chi connectivity index (χ2v) is 8.73. The van der Waals surface area contributed by atoms with Crippen LogP contribution in [0.3, 0.4) is 0 Å². The van der Waals surface area contributed by atoms with Crippen molar-refractivity contribution < 1.29 is 14.0 Å². The number of carbonyl (C=O) groups excluding carboxylic acids is 2. The van der Waals surface area contributed by atoms with Gasteiger partial charge in [-0.1, -0.05) is 12.1 Å². The minimum atomic E-state index is -0.512. The van der Waals surface area contributed by atoms with Crippen LogP contribution in [0, 0.1) is 5.82 Å². The largest absolute Gasteiger partial charge is 0.355 e. The van der Waals surface area contributed by atoms with E-state index in [0.717, 1.165) is 42.5 Å². The summed E-state index contributed by atoms with van der Waals surface area (Å²) in [6.07, 6.45) is 3.80. The highest BCUT2D eigenvalue weighted by molar-refractivity contribution is 6.06. The molecule has 1 N–H and O–H groups in total. The summed E-state index contributed by atoms with van der Waals surface area (Å²) in [6.45, 7) is 0.998. The fourth-order valence-electron chi connectivity index (χ4n) is 4.67. The maximum Gasteiger partial charge on any atom is 0.256 e. The summed E-state index contributed by atoms with van der Waals surface area (Å²) < 4.78 is 15.9. The highest BCUT2D eigenvalue weighted by Gasteiger charge is 2.33. The number of pyridine rings is 1. The molecular weight excluding hydrogens is 409 g/mol. The molecule has 0 bridgehead atoms. The Morgan fingerprint density at radius 1 is 1.12 bits per heavy atom. The SMILES string of the molecule is CNC(=O)c1cc(C2CC2)nc2c1c(C1CCCN(C(=O)c3ccccc3F)C1)nn2C. The second-order valence-electron chi connectivity index (χ2n) is 8.73. The predicted octanol–water partition coefficient (Wildman–Crippen LogP) is 3.36. The van der Waals surface area contributed by atoms with Crippen molar-refractivity contribution >= 4 is 22.8 Å². The first-order valence-electron chi connectivity index (χ1n) is 11.1. The first-order valence-corrected chi connectivity index (χ1v) is 11.1. The number of aromatic nitrogens is 3. The monoisotopic (exact) mass is 435 g/mol. The van der Waals surface area contributed by atoms with E-state index in [1.54, 1.807) is 28.8 Å². The lowest BCUT2D eigenvalue weighted by Crippen LogP contribution is -2.39. The Hall–Kier alpha value is -3.29. The molecule has 2 amide bonds. The molecule has 7 nitrogen and oxygen atoms in total. The number of rotatable bonds is 4. The van der Waals surface area contributed by atoms with Crippen LogP contribution in [-0.4, -0.2) is 51.6 Å². The number of aryl methyl sites for hydroxylation is 1. The lowest BCUT2D eigenvalue weighted by molar-refractivity contribution is 0.0701. The van der Waals surface area contributed by atoms with E-state index in [2.05, 4.69) is 5.32 Å². The Labute approximate surface area is 185 Å². The number of nitrogens with zero attached hydrogens (tertiary/aromatic N) is 4. The molecule has 8 heteroatoms. The average molecular weight is 436 g/mol. The van der Waals surface area contributed by atoms with Crippen molar-refractivity contribution in [2.24, 2.45) is 7.05 Å². The highest BCUT2D eigenvalue weighted by Crippen LogP contribution is 2.41. The molecule has 3 heterocycles. The number of benzene rings is 1. The number of fused-ring (bicyclic) bond motifs is 1. The molecule has 1 saturated carbocycles. The Kier molecular flexibility index (Phi) is 5.15. The molecule has 1 saturated heterocycles. The standard InChI is InChI=1S/C24H26FN5O2/c1-26-23(31)17-12-19(14-9-10-14)27-22-20(17)21(28-29(22)2)15-6-5-11-30(13-15)24(32)16-7-3-4-8-18(16)25/h3-4,7-8,12,14-15H,5-6,9-11,13H2,1-2H3,(H,26,31). The van der Waals surface area contributed by atoms with Crippen molar-refractivity contribution in [3.8, 4) is 0 Å². The summed E-state index contributed by atoms with van der Waals surface area (Å²) in [6, 6.07) is 7.97. The zero-order valence-electron chi connectivity index (χ0n) is 18.3. The first kappa shape index (κ1) is 20.6. The van der Waals surface area contributed by atoms with Crippen LogP contribution < -0.4 is 5.32 Å². The molecule has 1 aromatic carbocycles. The Morgan fingerprint density at radius 2 is 1.91 bits per heavy atom. The molecule has 32 heavy (non-hydrogen) atoms. The molecule has 2 aromatic heterocycles. The Morgan fingerprint density at radius 3 is 2.62 bits per heavy atom. The summed E-state index contributed by atoms with van der Waals surface area (Å²) in [5.41, 5.74) is 3.08. The van der Waals surface area contributed by atoms with Crippen molar-refractivity contribution in [2.45, 2.75) is 37.5 Å². The van der Waals surface area contributed by atoms with Crippen LogP contribution in [0.15, 0.2) is 30.3 Å². The van der Waals surface area contributed by atoms with Crippen molar-refractivity contribution in [3.05, 3.63) is 58.7 Å². The van der Waals surface area contributed by atoms with Crippen LogP contribution in [0.1, 0.15) is 69.6 Å². The third kappa shape index (κ3) is 3.53. The van der Waals surface area contributed by atoms with Gasteiger partial charge in [-0.3, -0.25) is 14.3 Å². The lowest BCUT2D eigenvalue weighted by atomic mass is 9.91. The van der Waals surface area contributed by atoms with Gasteiger partial charge in [0.2, 0.25) is 0 Å². The molecular formula is C24H26FN5O2. The van der Waals surface area contributed by atoms with Crippen LogP contribution >= 0.6 is 0 Å². The fraction of sp³-hybridized carbons (Fsp3) is 0.417. The van der Waals surface area contributed by atoms with Gasteiger partial charge in [-0.05, 0) is 43.9 Å². The van der Waals surface area contributed by atoms with E-state index in [9.17, 15) is 14.0 Å². The number of carbonyl (C=O) groups is 2. The van der Waals surface area contributed by atoms with Crippen molar-refractivity contribution in [2.75, 3.05) is 20.1 Å². The minimum Gasteiger partial charge on any atom is -0.355 e. The van der Waals surface area contributed by atoms with Crippen LogP contribution in [-0.2, 0) is 7.05 Å². The van der Waals surface area contributed by atoms with Crippen molar-refractivity contribution in [3.63, 3.8) is 0 Å². The molecule has 0 radical (unpaired) electrons. The van der Waals surface area contributed by atoms with Crippen LogP contribution in [0.5, 0.6) is 0 Å². The van der Waals surface area contributed by atoms with Crippen molar-refractivity contribution in [1.29, 1.82) is 0 Å². The molecule has 1 aliphatic carbocycles. The topological polar surface area (TPSA) is 80.1 Å². The summed E-state index contributed by atoms with van der Waals surface area (Å²) in [5, 5.41) is 8.25. The Bertz CT molecular complexity index is 1220. The molecule has 1 unspecified atom stereocenters. The molecule has 0 spiro atoms. The van der Waals surface area contributed by atoms with Crippen LogP contribution in [0.4, 0.5) is 4.39 Å². The smallest absolute Gasteiger partial charge is 0.256 e. The van der Waals surface area contributed by atoms with E-state index in [0.29, 0.717) is 30.2 Å². The quantitative estimate of drug-likeness (QED) is 0.682. The van der Waals surface area contributed by atoms with E-state index in [4.69, 9.17) is 10.1 Å². The molecule has 2 fully saturated rings. The van der Waals surface area contributed by atoms with E-state index in [1.807, 2.05) is 13.1 Å². The summed E-state index contributed by atoms with van der Waals surface area (Å²) in [5.74, 6) is -0.635. The minimum absolute atomic E-state index is 0.0554. The van der Waals surface area contributed by atoms with Gasteiger partial charge in [0, 0.05) is 44.7 Å². The third-order valence-electron chi connectivity index (χ3n) is 6.51. The molecule has 166 valence electrons. The first-order chi connectivity index (χ1) is 15.5. The van der Waals surface area contributed by atoms with Gasteiger partial charge in [-0.15, -0.1) is 0 Å². The predicted molar refractivity (Wildman–Crippen MR) is 118 cm³/mol. The van der Waals surface area contributed by atoms with E-state index >= 15 is 0 Å². The van der Waals surface area contributed by atoms with E-state index in [-0.39, 0.29) is 23.3 Å². The van der Waals surface area contributed by atoms with Gasteiger partial charge in [-0.25, -0.2) is 9.37 Å². The molecule has 1 aliphatic heterocycles. The van der Waals surface area contributed by atoms with Crippen LogP contribution in [0.25, 0.3) is 11.0 Å². The molecule has 1 atom stereocenters. The zero-order valence-corrected chi connectivity index (χ0v) is 18.3. The highest BCUT2D eigenvalue weighted by atomic mass is 19.1. The van der Waals surface area contributed by atoms with Gasteiger partial charge >= 0.3 is 0 Å². The average Bonchev–Trinajstić information content (AvgIpc) is 3.62. The van der Waals surface area contributed by atoms with E-state index < -0.39 is 5.82 Å². The molecule has 2 aliphatic rings. The fourth-order valence-corrected chi connectivity index (χ4v) is 4.67. The molecule has 3 aromatic rings. The van der Waals surface area contributed by atoms with Crippen molar-refractivity contribution in [1.82, 2.24) is 25.0 Å². The van der Waals surface area contributed by atoms with Gasteiger partial charge in [0.25, 0.3) is 11.8 Å². The summed E-state index contributed by atoms with van der Waals surface area (Å²) >= 11 is 0. The summed E-state index contributed by atoms with van der Waals surface area (Å²) in [4.78, 5) is 32.3. The number of likely N-dealkylation sites (tertiary alicyclic amines) is 1. The number of hydrogen-bond donors (Lipinski definition) is 1. The maximum absolute atomic E-state index is 14.2. The summed E-state index contributed by atoms with van der Waals surface area (Å²) in [7, 11) is 3.46. The zero-order chi connectivity index (χ0) is 22.4. The van der Waals surface area contributed by atoms with Gasteiger partial charge < -0.3 is 10.2 Å². The maximum atomic E-state index is 14.2. The number of piperidine rings is 1. The number of hydrogen-bond acceptors (Lipinski definition) is 4. The van der Waals surface area contributed by atoms with E-state index in [1.165, 1.54) is 12.1 Å². The van der Waals surface area contributed by atoms with Gasteiger partial charge in [0.15, 0.2) is 5.65 Å². The third-order valence-corrected chi connectivity index (χ3v) is 6.51. The normalized spacial score (nSPS) is 18.7. The van der Waals surface area contributed by atoms with Gasteiger partial charge in [-0.2, -0.15) is 5.10 Å². The molecule has 5 rings (SSSR count). The van der Waals surface area contributed by atoms with Crippen LogP contribution in [0.2, 0.25) is 0 Å². The number of nitrogens with one attached hydrogen (secondary N) is 1. The number of amides is 2. The second kappa shape index (κ2) is 8.00. The van der Waals surface area contributed by atoms with Gasteiger partial charge in [0.1, 0.15) is 5.82 Å². The number of halogens is 1. The van der Waals surface area contributed by atoms with Gasteiger partial charge in [0.05, 0.1) is 22.2 Å². The lowest BCUT2D eigenvalue weighted by Gasteiger charge is -2.32. The Balaban J connectivity index is 1.53.